The van der Waals surface area contributed by atoms with E-state index in [0.717, 1.165) is 32.8 Å². The van der Waals surface area contributed by atoms with E-state index in [4.69, 9.17) is 9.47 Å². The lowest BCUT2D eigenvalue weighted by Gasteiger charge is -2.35. The number of alkyl carbamates (subject to hydrolysis) is 1. The maximum Gasteiger partial charge on any atom is 0.407 e. The topological polar surface area (TPSA) is 62.8 Å². The van der Waals surface area contributed by atoms with E-state index < -0.39 is 5.60 Å². The molecule has 2 fully saturated rings. The summed E-state index contributed by atoms with van der Waals surface area (Å²) in [5.41, 5.74) is -0.450. The standard InChI is InChI=1S/C14H27N3O3.2ClH/c1-14(2,3)20-13(18)16-8-11-9-19-10-12(11)17-6-4-15-5-7-17;;/h11-12,15H,4-10H2,1-3H3,(H,16,18);2*1H/t11-,12-;;/m1../s1. The Labute approximate surface area is 145 Å². The van der Waals surface area contributed by atoms with Crippen LogP contribution in [0.25, 0.3) is 0 Å². The lowest BCUT2D eigenvalue weighted by atomic mass is 10.0. The Morgan fingerprint density at radius 3 is 2.50 bits per heavy atom. The Hall–Kier alpha value is -0.270. The summed E-state index contributed by atoms with van der Waals surface area (Å²) < 4.78 is 10.9. The van der Waals surface area contributed by atoms with Gasteiger partial charge in [0.25, 0.3) is 0 Å². The molecule has 2 atom stereocenters. The molecule has 22 heavy (non-hydrogen) atoms. The average molecular weight is 358 g/mol. The van der Waals surface area contributed by atoms with Gasteiger partial charge in [-0.3, -0.25) is 4.90 Å². The summed E-state index contributed by atoms with van der Waals surface area (Å²) in [5, 5.41) is 6.22. The molecule has 2 aliphatic heterocycles. The molecule has 2 N–H and O–H groups in total. The van der Waals surface area contributed by atoms with Gasteiger partial charge in [-0.15, -0.1) is 24.8 Å². The van der Waals surface area contributed by atoms with Crippen molar-refractivity contribution in [2.45, 2.75) is 32.4 Å². The van der Waals surface area contributed by atoms with Crippen molar-refractivity contribution in [3.05, 3.63) is 0 Å². The van der Waals surface area contributed by atoms with Crippen molar-refractivity contribution in [3.63, 3.8) is 0 Å². The average Bonchev–Trinajstić information content (AvgIpc) is 2.83. The Bertz CT molecular complexity index is 334. The normalized spacial score (nSPS) is 25.8. The zero-order chi connectivity index (χ0) is 14.6. The van der Waals surface area contributed by atoms with Crippen molar-refractivity contribution in [1.82, 2.24) is 15.5 Å². The second kappa shape index (κ2) is 9.78. The fourth-order valence-corrected chi connectivity index (χ4v) is 2.73. The molecule has 0 aromatic carbocycles. The Balaban J connectivity index is 0.00000220. The third-order valence-corrected chi connectivity index (χ3v) is 3.69. The molecule has 0 aliphatic carbocycles. The van der Waals surface area contributed by atoms with E-state index in [2.05, 4.69) is 15.5 Å². The summed E-state index contributed by atoms with van der Waals surface area (Å²) in [4.78, 5) is 14.2. The third kappa shape index (κ3) is 6.87. The molecule has 2 rings (SSSR count). The van der Waals surface area contributed by atoms with Gasteiger partial charge in [-0.2, -0.15) is 0 Å². The molecule has 2 aliphatic rings. The number of halogens is 2. The van der Waals surface area contributed by atoms with Crippen molar-refractivity contribution in [2.24, 2.45) is 5.92 Å². The molecule has 0 spiro atoms. The predicted molar refractivity (Wildman–Crippen MR) is 91.3 cm³/mol. The van der Waals surface area contributed by atoms with Gasteiger partial charge >= 0.3 is 6.09 Å². The van der Waals surface area contributed by atoms with Gasteiger partial charge in [0.1, 0.15) is 5.60 Å². The third-order valence-electron chi connectivity index (χ3n) is 3.69. The molecule has 6 nitrogen and oxygen atoms in total. The van der Waals surface area contributed by atoms with Gasteiger partial charge in [0.05, 0.1) is 13.2 Å². The molecule has 0 aromatic heterocycles. The first-order valence-corrected chi connectivity index (χ1v) is 7.45. The van der Waals surface area contributed by atoms with Gasteiger partial charge in [-0.25, -0.2) is 4.79 Å². The van der Waals surface area contributed by atoms with Crippen molar-refractivity contribution in [2.75, 3.05) is 45.9 Å². The van der Waals surface area contributed by atoms with Crippen molar-refractivity contribution in [1.29, 1.82) is 0 Å². The Morgan fingerprint density at radius 2 is 1.91 bits per heavy atom. The van der Waals surface area contributed by atoms with Crippen LogP contribution in [0.5, 0.6) is 0 Å². The first-order chi connectivity index (χ1) is 9.46. The van der Waals surface area contributed by atoms with Gasteiger partial charge < -0.3 is 20.1 Å². The van der Waals surface area contributed by atoms with Crippen LogP contribution in [-0.4, -0.2) is 68.6 Å². The van der Waals surface area contributed by atoms with Crippen LogP contribution in [0, 0.1) is 5.92 Å². The molecular weight excluding hydrogens is 329 g/mol. The highest BCUT2D eigenvalue weighted by Gasteiger charge is 2.34. The lowest BCUT2D eigenvalue weighted by Crippen LogP contribution is -2.52. The van der Waals surface area contributed by atoms with Gasteiger partial charge in [0.2, 0.25) is 0 Å². The van der Waals surface area contributed by atoms with Crippen LogP contribution in [0.4, 0.5) is 4.79 Å². The van der Waals surface area contributed by atoms with Gasteiger partial charge in [-0.1, -0.05) is 0 Å². The van der Waals surface area contributed by atoms with Gasteiger partial charge in [-0.05, 0) is 20.8 Å². The number of nitrogens with one attached hydrogen (secondary N) is 2. The molecule has 0 saturated carbocycles. The van der Waals surface area contributed by atoms with Crippen molar-refractivity contribution in [3.8, 4) is 0 Å². The molecule has 8 heteroatoms. The maximum atomic E-state index is 11.7. The summed E-state index contributed by atoms with van der Waals surface area (Å²) in [5.74, 6) is 0.348. The van der Waals surface area contributed by atoms with Crippen LogP contribution in [0.3, 0.4) is 0 Å². The number of carbonyl (C=O) groups excluding carboxylic acids is 1. The minimum absolute atomic E-state index is 0. The molecule has 0 bridgehead atoms. The lowest BCUT2D eigenvalue weighted by molar-refractivity contribution is 0.0509. The highest BCUT2D eigenvalue weighted by molar-refractivity contribution is 5.85. The summed E-state index contributed by atoms with van der Waals surface area (Å²) in [6.45, 7) is 11.9. The van der Waals surface area contributed by atoms with Crippen LogP contribution in [0.15, 0.2) is 0 Å². The van der Waals surface area contributed by atoms with E-state index >= 15 is 0 Å². The summed E-state index contributed by atoms with van der Waals surface area (Å²) in [6.07, 6.45) is -0.344. The second-order valence-corrected chi connectivity index (χ2v) is 6.53. The molecular formula is C14H29Cl2N3O3. The van der Waals surface area contributed by atoms with Crippen LogP contribution in [0.1, 0.15) is 20.8 Å². The SMILES string of the molecule is CC(C)(C)OC(=O)NC[C@@H]1COC[C@H]1N1CCNCC1.Cl.Cl. The van der Waals surface area contributed by atoms with Crippen LogP contribution < -0.4 is 10.6 Å². The zero-order valence-corrected chi connectivity index (χ0v) is 15.2. The summed E-state index contributed by atoms with van der Waals surface area (Å²) in [6, 6.07) is 0.409. The van der Waals surface area contributed by atoms with E-state index in [1.54, 1.807) is 0 Å². The van der Waals surface area contributed by atoms with E-state index in [1.165, 1.54) is 0 Å². The van der Waals surface area contributed by atoms with Gasteiger partial charge in [0, 0.05) is 44.7 Å². The fourth-order valence-electron chi connectivity index (χ4n) is 2.73. The second-order valence-electron chi connectivity index (χ2n) is 6.53. The monoisotopic (exact) mass is 357 g/mol. The zero-order valence-electron chi connectivity index (χ0n) is 13.6. The highest BCUT2D eigenvalue weighted by Crippen LogP contribution is 2.19. The number of ether oxygens (including phenoxy) is 2. The number of piperazine rings is 1. The smallest absolute Gasteiger partial charge is 0.407 e. The largest absolute Gasteiger partial charge is 0.444 e. The minimum Gasteiger partial charge on any atom is -0.444 e. The number of amides is 1. The number of hydrogen-bond acceptors (Lipinski definition) is 5. The molecule has 0 aromatic rings. The maximum absolute atomic E-state index is 11.7. The quantitative estimate of drug-likeness (QED) is 0.796. The molecule has 0 radical (unpaired) electrons. The van der Waals surface area contributed by atoms with Crippen molar-refractivity contribution < 1.29 is 14.3 Å². The van der Waals surface area contributed by atoms with E-state index in [-0.39, 0.29) is 30.9 Å². The molecule has 0 unspecified atom stereocenters. The Morgan fingerprint density at radius 1 is 1.27 bits per heavy atom. The molecule has 2 heterocycles. The van der Waals surface area contributed by atoms with Crippen molar-refractivity contribution >= 4 is 30.9 Å². The fraction of sp³-hybridized carbons (Fsp3) is 0.929. The van der Waals surface area contributed by atoms with E-state index in [0.29, 0.717) is 25.1 Å². The van der Waals surface area contributed by atoms with Crippen LogP contribution in [-0.2, 0) is 9.47 Å². The van der Waals surface area contributed by atoms with Gasteiger partial charge in [0.15, 0.2) is 0 Å². The summed E-state index contributed by atoms with van der Waals surface area (Å²) >= 11 is 0. The number of carbonyl (C=O) groups is 1. The first-order valence-electron chi connectivity index (χ1n) is 7.45. The number of rotatable bonds is 3. The van der Waals surface area contributed by atoms with E-state index in [1.807, 2.05) is 20.8 Å². The molecule has 1 amide bonds. The molecule has 2 saturated heterocycles. The minimum atomic E-state index is -0.450. The molecule has 132 valence electrons. The summed E-state index contributed by atoms with van der Waals surface area (Å²) in [7, 11) is 0. The predicted octanol–water partition coefficient (Wildman–Crippen LogP) is 1.27. The van der Waals surface area contributed by atoms with E-state index in [9.17, 15) is 4.79 Å². The van der Waals surface area contributed by atoms with Crippen LogP contribution >= 0.6 is 24.8 Å². The highest BCUT2D eigenvalue weighted by atomic mass is 35.5. The van der Waals surface area contributed by atoms with Crippen LogP contribution in [0.2, 0.25) is 0 Å². The number of hydrogen-bond donors (Lipinski definition) is 2. The number of nitrogens with zero attached hydrogens (tertiary/aromatic N) is 1. The first kappa shape index (κ1) is 21.7. The Kier molecular flexibility index (Phi) is 9.66.